The predicted molar refractivity (Wildman–Crippen MR) is 69.2 cm³/mol. The van der Waals surface area contributed by atoms with Crippen molar-refractivity contribution in [1.29, 1.82) is 0 Å². The van der Waals surface area contributed by atoms with Crippen LogP contribution in [0.4, 0.5) is 13.2 Å². The molecule has 0 fully saturated rings. The van der Waals surface area contributed by atoms with E-state index in [1.165, 1.54) is 19.1 Å². The number of benzene rings is 1. The normalized spacial score (nSPS) is 10.7. The fourth-order valence-electron chi connectivity index (χ4n) is 1.10. The van der Waals surface area contributed by atoms with Crippen LogP contribution in [0, 0.1) is 11.8 Å². The lowest BCUT2D eigenvalue weighted by Gasteiger charge is -2.08. The largest absolute Gasteiger partial charge is 0.417 e. The minimum Gasteiger partial charge on any atom is -0.288 e. The lowest BCUT2D eigenvalue weighted by Crippen LogP contribution is -2.06. The third-order valence-corrected chi connectivity index (χ3v) is 3.24. The van der Waals surface area contributed by atoms with Crippen LogP contribution in [0.15, 0.2) is 22.7 Å². The molecular weight excluding hydrogens is 329 g/mol. The van der Waals surface area contributed by atoms with E-state index in [1.807, 2.05) is 0 Å². The van der Waals surface area contributed by atoms with Crippen LogP contribution in [-0.2, 0) is 11.0 Å². The van der Waals surface area contributed by atoms with Crippen molar-refractivity contribution in [3.8, 4) is 11.8 Å². The maximum Gasteiger partial charge on any atom is 0.417 e. The van der Waals surface area contributed by atoms with Gasteiger partial charge in [0.25, 0.3) is 0 Å². The van der Waals surface area contributed by atoms with Gasteiger partial charge in [0.1, 0.15) is 0 Å². The first kappa shape index (κ1) is 15.1. The molecule has 1 nitrogen and oxygen atoms in total. The van der Waals surface area contributed by atoms with Gasteiger partial charge in [0, 0.05) is 17.0 Å². The zero-order valence-electron chi connectivity index (χ0n) is 9.27. The molecule has 18 heavy (non-hydrogen) atoms. The number of carbonyl (C=O) groups excluding carboxylic acids is 1. The van der Waals surface area contributed by atoms with Gasteiger partial charge in [-0.15, -0.1) is 0 Å². The molecule has 0 spiro atoms. The summed E-state index contributed by atoms with van der Waals surface area (Å²) in [7, 11) is 0. The first-order chi connectivity index (χ1) is 8.30. The molecule has 1 aromatic rings. The Balaban J connectivity index is 2.89. The monoisotopic (exact) mass is 336 g/mol. The van der Waals surface area contributed by atoms with E-state index in [1.54, 1.807) is 0 Å². The zero-order chi connectivity index (χ0) is 13.8. The molecule has 0 aromatic heterocycles. The van der Waals surface area contributed by atoms with Crippen LogP contribution in [0.5, 0.6) is 0 Å². The maximum atomic E-state index is 12.6. The van der Waals surface area contributed by atoms with Gasteiger partial charge in [0.2, 0.25) is 0 Å². The number of rotatable bonds is 1. The molecule has 0 radical (unpaired) electrons. The molecule has 96 valence electrons. The molecule has 0 heterocycles. The quantitative estimate of drug-likeness (QED) is 0.718. The maximum absolute atomic E-state index is 12.6. The zero-order valence-corrected chi connectivity index (χ0v) is 11.7. The summed E-state index contributed by atoms with van der Waals surface area (Å²) in [5, 5.41) is -0.0731. The van der Waals surface area contributed by atoms with E-state index in [4.69, 9.17) is 0 Å². The molecule has 6 heteroatoms. The van der Waals surface area contributed by atoms with Crippen molar-refractivity contribution in [2.75, 3.05) is 5.75 Å². The van der Waals surface area contributed by atoms with Crippen molar-refractivity contribution in [2.45, 2.75) is 13.1 Å². The van der Waals surface area contributed by atoms with E-state index in [0.29, 0.717) is 0 Å². The topological polar surface area (TPSA) is 17.1 Å². The van der Waals surface area contributed by atoms with Crippen molar-refractivity contribution in [1.82, 2.24) is 0 Å². The third kappa shape index (κ3) is 4.75. The standard InChI is InChI=1S/C12H8BrF3OS/c1-8(17)18-6-2-3-9-4-5-11(13)10(7-9)12(14,15)16/h4-5,7H,6H2,1H3. The second-order valence-electron chi connectivity index (χ2n) is 3.27. The van der Waals surface area contributed by atoms with Crippen molar-refractivity contribution in [3.63, 3.8) is 0 Å². The molecule has 0 saturated heterocycles. The molecule has 0 saturated carbocycles. The van der Waals surface area contributed by atoms with Gasteiger partial charge in [-0.05, 0) is 18.2 Å². The Bertz CT molecular complexity index is 514. The summed E-state index contributed by atoms with van der Waals surface area (Å²) in [4.78, 5) is 10.6. The van der Waals surface area contributed by atoms with Gasteiger partial charge >= 0.3 is 6.18 Å². The van der Waals surface area contributed by atoms with Gasteiger partial charge in [-0.25, -0.2) is 0 Å². The van der Waals surface area contributed by atoms with Gasteiger partial charge in [-0.3, -0.25) is 4.79 Å². The highest BCUT2D eigenvalue weighted by Crippen LogP contribution is 2.35. The molecule has 0 aliphatic carbocycles. The van der Waals surface area contributed by atoms with E-state index >= 15 is 0 Å². The molecule has 1 rings (SSSR count). The minimum atomic E-state index is -4.41. The molecule has 0 atom stereocenters. The van der Waals surface area contributed by atoms with Crippen LogP contribution in [-0.4, -0.2) is 10.9 Å². The molecule has 0 unspecified atom stereocenters. The van der Waals surface area contributed by atoms with Crippen molar-refractivity contribution in [2.24, 2.45) is 0 Å². The van der Waals surface area contributed by atoms with Crippen molar-refractivity contribution in [3.05, 3.63) is 33.8 Å². The summed E-state index contributed by atoms with van der Waals surface area (Å²) in [5.74, 6) is 5.51. The Kier molecular flexibility index (Phi) is 5.29. The summed E-state index contributed by atoms with van der Waals surface area (Å²) >= 11 is 3.87. The number of halogens is 4. The smallest absolute Gasteiger partial charge is 0.288 e. The Morgan fingerprint density at radius 3 is 2.67 bits per heavy atom. The van der Waals surface area contributed by atoms with Crippen LogP contribution in [0.2, 0.25) is 0 Å². The van der Waals surface area contributed by atoms with Crippen LogP contribution in [0.3, 0.4) is 0 Å². The summed E-state index contributed by atoms with van der Waals surface area (Å²) in [6.07, 6.45) is -4.41. The second kappa shape index (κ2) is 6.30. The Hall–Kier alpha value is -0.930. The Labute approximate surface area is 115 Å². The summed E-state index contributed by atoms with van der Waals surface area (Å²) in [6.45, 7) is 1.41. The average Bonchev–Trinajstić information content (AvgIpc) is 2.24. The summed E-state index contributed by atoms with van der Waals surface area (Å²) in [5.41, 5.74) is -0.483. The molecule has 0 aliphatic rings. The number of carbonyl (C=O) groups is 1. The lowest BCUT2D eigenvalue weighted by atomic mass is 10.1. The molecule has 0 N–H and O–H groups in total. The van der Waals surface area contributed by atoms with E-state index in [0.717, 1.165) is 17.8 Å². The number of thioether (sulfide) groups is 1. The summed E-state index contributed by atoms with van der Waals surface area (Å²) in [6, 6.07) is 3.78. The van der Waals surface area contributed by atoms with E-state index in [-0.39, 0.29) is 20.9 Å². The first-order valence-corrected chi connectivity index (χ1v) is 6.57. The third-order valence-electron chi connectivity index (χ3n) is 1.85. The molecule has 0 aliphatic heterocycles. The van der Waals surface area contributed by atoms with Gasteiger partial charge in [-0.1, -0.05) is 39.5 Å². The highest BCUT2D eigenvalue weighted by molar-refractivity contribution is 9.10. The van der Waals surface area contributed by atoms with E-state index < -0.39 is 11.7 Å². The molecule has 1 aromatic carbocycles. The van der Waals surface area contributed by atoms with Crippen molar-refractivity contribution >= 4 is 32.8 Å². The van der Waals surface area contributed by atoms with Gasteiger partial charge in [0.15, 0.2) is 5.12 Å². The van der Waals surface area contributed by atoms with Crippen LogP contribution < -0.4 is 0 Å². The van der Waals surface area contributed by atoms with Crippen LogP contribution in [0.25, 0.3) is 0 Å². The Morgan fingerprint density at radius 2 is 2.11 bits per heavy atom. The number of hydrogen-bond acceptors (Lipinski definition) is 2. The number of alkyl halides is 3. The van der Waals surface area contributed by atoms with E-state index in [9.17, 15) is 18.0 Å². The average molecular weight is 337 g/mol. The minimum absolute atomic E-state index is 0.0151. The fourth-order valence-corrected chi connectivity index (χ4v) is 1.92. The molecular formula is C12H8BrF3OS. The molecule has 0 bridgehead atoms. The predicted octanol–water partition coefficient (Wildman–Crippen LogP) is 4.10. The van der Waals surface area contributed by atoms with Crippen LogP contribution in [0.1, 0.15) is 18.1 Å². The SMILES string of the molecule is CC(=O)SCC#Cc1ccc(Br)c(C(F)(F)F)c1. The Morgan fingerprint density at radius 1 is 1.44 bits per heavy atom. The van der Waals surface area contributed by atoms with Gasteiger partial charge in [-0.2, -0.15) is 13.2 Å². The highest BCUT2D eigenvalue weighted by Gasteiger charge is 2.32. The van der Waals surface area contributed by atoms with Crippen LogP contribution >= 0.6 is 27.7 Å². The van der Waals surface area contributed by atoms with Gasteiger partial charge < -0.3 is 0 Å². The van der Waals surface area contributed by atoms with E-state index in [2.05, 4.69) is 27.8 Å². The highest BCUT2D eigenvalue weighted by atomic mass is 79.9. The molecule has 0 amide bonds. The summed E-state index contributed by atoms with van der Waals surface area (Å²) < 4.78 is 37.8. The first-order valence-electron chi connectivity index (χ1n) is 4.79. The lowest BCUT2D eigenvalue weighted by molar-refractivity contribution is -0.138. The fraction of sp³-hybridized carbons (Fsp3) is 0.250. The van der Waals surface area contributed by atoms with Crippen molar-refractivity contribution < 1.29 is 18.0 Å². The number of hydrogen-bond donors (Lipinski definition) is 0. The second-order valence-corrected chi connectivity index (χ2v) is 5.28. The van der Waals surface area contributed by atoms with Gasteiger partial charge in [0.05, 0.1) is 11.3 Å².